The maximum atomic E-state index is 5.62. The number of benzene rings is 1. The summed E-state index contributed by atoms with van der Waals surface area (Å²) in [6, 6.07) is 8.72. The Hall–Kier alpha value is -0.930. The van der Waals surface area contributed by atoms with Crippen LogP contribution in [0.5, 0.6) is 0 Å². The molecule has 0 heterocycles. The molecule has 0 aromatic heterocycles. The van der Waals surface area contributed by atoms with Gasteiger partial charge in [-0.3, -0.25) is 4.90 Å². The minimum absolute atomic E-state index is 0.467. The first kappa shape index (κ1) is 13.1. The van der Waals surface area contributed by atoms with Crippen molar-refractivity contribution < 1.29 is 0 Å². The van der Waals surface area contributed by atoms with Crippen molar-refractivity contribution in [2.45, 2.75) is 33.4 Å². The molecule has 1 rings (SSSR count). The number of thiocarbonyl (C=S) groups is 1. The lowest BCUT2D eigenvalue weighted by atomic mass is 10.1. The van der Waals surface area contributed by atoms with Gasteiger partial charge >= 0.3 is 0 Å². The normalized spacial score (nSPS) is 11.1. The van der Waals surface area contributed by atoms with E-state index in [4.69, 9.17) is 18.0 Å². The van der Waals surface area contributed by atoms with E-state index < -0.39 is 0 Å². The molecule has 0 atom stereocenters. The van der Waals surface area contributed by atoms with E-state index in [1.807, 2.05) is 12.1 Å². The maximum absolute atomic E-state index is 5.62. The third-order valence-corrected chi connectivity index (χ3v) is 2.97. The van der Waals surface area contributed by atoms with Gasteiger partial charge in [0.05, 0.1) is 0 Å². The molecule has 0 saturated heterocycles. The summed E-state index contributed by atoms with van der Waals surface area (Å²) in [5.74, 6) is 0. The lowest BCUT2D eigenvalue weighted by Crippen LogP contribution is -2.30. The minimum Gasteiger partial charge on any atom is -0.389 e. The molecule has 0 radical (unpaired) electrons. The Bertz CT molecular complexity index is 361. The van der Waals surface area contributed by atoms with Gasteiger partial charge in [0, 0.05) is 18.2 Å². The summed E-state index contributed by atoms with van der Waals surface area (Å²) in [5, 5.41) is 0. The number of nitrogens with two attached hydrogens (primary N) is 1. The Labute approximate surface area is 103 Å². The van der Waals surface area contributed by atoms with Crippen molar-refractivity contribution in [1.29, 1.82) is 0 Å². The van der Waals surface area contributed by atoms with Crippen LogP contribution in [0.2, 0.25) is 0 Å². The second-order valence-electron chi connectivity index (χ2n) is 4.22. The van der Waals surface area contributed by atoms with Gasteiger partial charge in [-0.25, -0.2) is 0 Å². The smallest absolute Gasteiger partial charge is 0.103 e. The van der Waals surface area contributed by atoms with Crippen molar-refractivity contribution in [1.82, 2.24) is 4.90 Å². The van der Waals surface area contributed by atoms with Gasteiger partial charge in [0.2, 0.25) is 0 Å². The molecule has 0 aliphatic heterocycles. The van der Waals surface area contributed by atoms with Crippen molar-refractivity contribution in [3.05, 3.63) is 35.4 Å². The molecule has 0 aliphatic carbocycles. The first-order valence-corrected chi connectivity index (χ1v) is 6.08. The molecule has 0 amide bonds. The molecule has 0 unspecified atom stereocenters. The number of hydrogen-bond acceptors (Lipinski definition) is 2. The fraction of sp³-hybridized carbons (Fsp3) is 0.462. The van der Waals surface area contributed by atoms with Crippen LogP contribution in [-0.4, -0.2) is 22.5 Å². The van der Waals surface area contributed by atoms with Crippen LogP contribution in [0, 0.1) is 0 Å². The summed E-state index contributed by atoms with van der Waals surface area (Å²) in [5.41, 5.74) is 7.84. The largest absolute Gasteiger partial charge is 0.389 e. The van der Waals surface area contributed by atoms with Gasteiger partial charge < -0.3 is 5.73 Å². The first-order chi connectivity index (χ1) is 7.54. The molecule has 3 heteroatoms. The number of nitrogens with zero attached hydrogens (tertiary/aromatic N) is 1. The molecule has 1 aromatic rings. The molecular formula is C13H20N2S. The molecule has 0 spiro atoms. The highest BCUT2D eigenvalue weighted by molar-refractivity contribution is 7.80. The van der Waals surface area contributed by atoms with Crippen LogP contribution >= 0.6 is 12.2 Å². The van der Waals surface area contributed by atoms with E-state index in [0.29, 0.717) is 11.0 Å². The SMILES string of the molecule is CCN(Cc1cccc(C(N)=S)c1)C(C)C. The standard InChI is InChI=1S/C13H20N2S/c1-4-15(10(2)3)9-11-6-5-7-12(8-11)13(14)16/h5-8,10H,4,9H2,1-3H3,(H2,14,16). The molecule has 16 heavy (non-hydrogen) atoms. The van der Waals surface area contributed by atoms with Crippen LogP contribution < -0.4 is 5.73 Å². The van der Waals surface area contributed by atoms with Gasteiger partial charge in [0.15, 0.2) is 0 Å². The van der Waals surface area contributed by atoms with E-state index in [2.05, 4.69) is 37.8 Å². The van der Waals surface area contributed by atoms with Crippen LogP contribution in [0.25, 0.3) is 0 Å². The van der Waals surface area contributed by atoms with Crippen LogP contribution in [0.1, 0.15) is 31.9 Å². The van der Waals surface area contributed by atoms with E-state index in [1.165, 1.54) is 5.56 Å². The van der Waals surface area contributed by atoms with E-state index >= 15 is 0 Å². The monoisotopic (exact) mass is 236 g/mol. The summed E-state index contributed by atoms with van der Waals surface area (Å²) in [6.45, 7) is 8.60. The topological polar surface area (TPSA) is 29.3 Å². The summed E-state index contributed by atoms with van der Waals surface area (Å²) < 4.78 is 0. The molecular weight excluding hydrogens is 216 g/mol. The van der Waals surface area contributed by atoms with Crippen LogP contribution in [-0.2, 0) is 6.54 Å². The maximum Gasteiger partial charge on any atom is 0.103 e. The fourth-order valence-corrected chi connectivity index (χ4v) is 1.84. The average molecular weight is 236 g/mol. The zero-order valence-corrected chi connectivity index (χ0v) is 11.1. The highest BCUT2D eigenvalue weighted by Gasteiger charge is 2.08. The van der Waals surface area contributed by atoms with Crippen molar-refractivity contribution >= 4 is 17.2 Å². The van der Waals surface area contributed by atoms with Crippen LogP contribution in [0.4, 0.5) is 0 Å². The zero-order valence-electron chi connectivity index (χ0n) is 10.2. The number of hydrogen-bond donors (Lipinski definition) is 1. The van der Waals surface area contributed by atoms with Gasteiger partial charge in [0.25, 0.3) is 0 Å². The molecule has 88 valence electrons. The fourth-order valence-electron chi connectivity index (χ4n) is 1.72. The predicted molar refractivity (Wildman–Crippen MR) is 73.5 cm³/mol. The Morgan fingerprint density at radius 3 is 2.62 bits per heavy atom. The third kappa shape index (κ3) is 3.58. The van der Waals surface area contributed by atoms with E-state index in [-0.39, 0.29) is 0 Å². The number of rotatable bonds is 5. The lowest BCUT2D eigenvalue weighted by molar-refractivity contribution is 0.225. The van der Waals surface area contributed by atoms with Gasteiger partial charge in [-0.2, -0.15) is 0 Å². The molecule has 2 N–H and O–H groups in total. The third-order valence-electron chi connectivity index (χ3n) is 2.73. The van der Waals surface area contributed by atoms with Gasteiger partial charge in [0.1, 0.15) is 4.99 Å². The Kier molecular flexibility index (Phi) is 4.90. The zero-order chi connectivity index (χ0) is 12.1. The molecule has 2 nitrogen and oxygen atoms in total. The predicted octanol–water partition coefficient (Wildman–Crippen LogP) is 2.55. The average Bonchev–Trinajstić information content (AvgIpc) is 2.25. The Balaban J connectivity index is 2.80. The van der Waals surface area contributed by atoms with E-state index in [1.54, 1.807) is 0 Å². The summed E-state index contributed by atoms with van der Waals surface area (Å²) in [4.78, 5) is 2.87. The molecule has 1 aromatic carbocycles. The summed E-state index contributed by atoms with van der Waals surface area (Å²) in [7, 11) is 0. The van der Waals surface area contributed by atoms with E-state index in [9.17, 15) is 0 Å². The Morgan fingerprint density at radius 1 is 1.44 bits per heavy atom. The second-order valence-corrected chi connectivity index (χ2v) is 4.66. The Morgan fingerprint density at radius 2 is 2.12 bits per heavy atom. The highest BCUT2D eigenvalue weighted by atomic mass is 32.1. The van der Waals surface area contributed by atoms with Crippen molar-refractivity contribution in [2.24, 2.45) is 5.73 Å². The van der Waals surface area contributed by atoms with Crippen LogP contribution in [0.15, 0.2) is 24.3 Å². The quantitative estimate of drug-likeness (QED) is 0.797. The molecule has 0 aliphatic rings. The summed E-state index contributed by atoms with van der Waals surface area (Å²) >= 11 is 4.98. The highest BCUT2D eigenvalue weighted by Crippen LogP contribution is 2.10. The van der Waals surface area contributed by atoms with Crippen molar-refractivity contribution in [3.8, 4) is 0 Å². The van der Waals surface area contributed by atoms with Crippen molar-refractivity contribution in [3.63, 3.8) is 0 Å². The van der Waals surface area contributed by atoms with Crippen molar-refractivity contribution in [2.75, 3.05) is 6.54 Å². The van der Waals surface area contributed by atoms with Gasteiger partial charge in [-0.15, -0.1) is 0 Å². The second kappa shape index (κ2) is 5.97. The summed E-state index contributed by atoms with van der Waals surface area (Å²) in [6.07, 6.45) is 0. The molecule has 0 fully saturated rings. The first-order valence-electron chi connectivity index (χ1n) is 5.67. The minimum atomic E-state index is 0.467. The molecule has 0 bridgehead atoms. The van der Waals surface area contributed by atoms with Gasteiger partial charge in [-0.05, 0) is 32.0 Å². The molecule has 0 saturated carbocycles. The van der Waals surface area contributed by atoms with E-state index in [0.717, 1.165) is 18.7 Å². The lowest BCUT2D eigenvalue weighted by Gasteiger charge is -2.24. The van der Waals surface area contributed by atoms with Crippen LogP contribution in [0.3, 0.4) is 0 Å². The van der Waals surface area contributed by atoms with Gasteiger partial charge in [-0.1, -0.05) is 37.3 Å².